The standard InChI is InChI=1S/C24H24N2O3/c27-24(25-16-19-9-5-2-6-10-19)26-21(13-18-7-3-1-4-8-18)14-20-11-12-22-23(15-20)29-17-28-22/h1-12,15,21H,13-14,16-17H2,(H2,25,26,27)/t21-/m1/s1. The summed E-state index contributed by atoms with van der Waals surface area (Å²) in [6.45, 7) is 0.751. The number of urea groups is 1. The van der Waals surface area contributed by atoms with E-state index in [4.69, 9.17) is 9.47 Å². The molecule has 0 aliphatic carbocycles. The van der Waals surface area contributed by atoms with Crippen LogP contribution in [0.2, 0.25) is 0 Å². The second-order valence-electron chi connectivity index (χ2n) is 7.09. The molecule has 0 bridgehead atoms. The Bertz CT molecular complexity index is 945. The second-order valence-corrected chi connectivity index (χ2v) is 7.09. The van der Waals surface area contributed by atoms with Gasteiger partial charge in [0.05, 0.1) is 0 Å². The van der Waals surface area contributed by atoms with E-state index in [9.17, 15) is 4.79 Å². The van der Waals surface area contributed by atoms with E-state index in [1.54, 1.807) is 0 Å². The molecule has 3 aromatic carbocycles. The van der Waals surface area contributed by atoms with Crippen LogP contribution in [0.25, 0.3) is 0 Å². The Balaban J connectivity index is 1.42. The average Bonchev–Trinajstić information content (AvgIpc) is 3.22. The number of hydrogen-bond acceptors (Lipinski definition) is 3. The van der Waals surface area contributed by atoms with Crippen molar-refractivity contribution in [3.05, 3.63) is 95.6 Å². The molecular weight excluding hydrogens is 364 g/mol. The fourth-order valence-corrected chi connectivity index (χ4v) is 3.44. The smallest absolute Gasteiger partial charge is 0.315 e. The number of ether oxygens (including phenoxy) is 2. The molecule has 0 radical (unpaired) electrons. The molecule has 0 unspecified atom stereocenters. The van der Waals surface area contributed by atoms with Crippen LogP contribution in [0, 0.1) is 0 Å². The van der Waals surface area contributed by atoms with Gasteiger partial charge in [0, 0.05) is 12.6 Å². The van der Waals surface area contributed by atoms with Gasteiger partial charge in [-0.25, -0.2) is 4.79 Å². The van der Waals surface area contributed by atoms with Crippen LogP contribution in [-0.2, 0) is 19.4 Å². The molecule has 2 N–H and O–H groups in total. The largest absolute Gasteiger partial charge is 0.454 e. The van der Waals surface area contributed by atoms with Crippen LogP contribution in [0.4, 0.5) is 4.79 Å². The maximum absolute atomic E-state index is 12.5. The van der Waals surface area contributed by atoms with Crippen LogP contribution in [0.5, 0.6) is 11.5 Å². The lowest BCUT2D eigenvalue weighted by molar-refractivity contribution is 0.174. The van der Waals surface area contributed by atoms with Crippen molar-refractivity contribution in [1.82, 2.24) is 10.6 Å². The van der Waals surface area contributed by atoms with Gasteiger partial charge >= 0.3 is 6.03 Å². The number of benzene rings is 3. The van der Waals surface area contributed by atoms with Crippen LogP contribution in [0.1, 0.15) is 16.7 Å². The summed E-state index contributed by atoms with van der Waals surface area (Å²) in [7, 11) is 0. The van der Waals surface area contributed by atoms with E-state index < -0.39 is 0 Å². The molecule has 1 aliphatic rings. The molecule has 4 rings (SSSR count). The molecule has 0 saturated heterocycles. The lowest BCUT2D eigenvalue weighted by Gasteiger charge is -2.20. The average molecular weight is 388 g/mol. The Kier molecular flexibility index (Phi) is 5.95. The minimum Gasteiger partial charge on any atom is -0.454 e. The summed E-state index contributed by atoms with van der Waals surface area (Å²) in [5.74, 6) is 1.52. The van der Waals surface area contributed by atoms with Gasteiger partial charge in [0.15, 0.2) is 11.5 Å². The van der Waals surface area contributed by atoms with Crippen molar-refractivity contribution < 1.29 is 14.3 Å². The first kappa shape index (κ1) is 18.9. The number of rotatable bonds is 7. The van der Waals surface area contributed by atoms with Crippen molar-refractivity contribution in [1.29, 1.82) is 0 Å². The van der Waals surface area contributed by atoms with Crippen LogP contribution >= 0.6 is 0 Å². The molecule has 0 fully saturated rings. The highest BCUT2D eigenvalue weighted by Crippen LogP contribution is 2.32. The van der Waals surface area contributed by atoms with Crippen LogP contribution in [0.15, 0.2) is 78.9 Å². The topological polar surface area (TPSA) is 59.6 Å². The van der Waals surface area contributed by atoms with E-state index in [0.717, 1.165) is 29.0 Å². The van der Waals surface area contributed by atoms with Crippen LogP contribution < -0.4 is 20.1 Å². The summed E-state index contributed by atoms with van der Waals surface area (Å²) >= 11 is 0. The quantitative estimate of drug-likeness (QED) is 0.641. The van der Waals surface area contributed by atoms with E-state index in [2.05, 4.69) is 22.8 Å². The van der Waals surface area contributed by atoms with Gasteiger partial charge in [0.25, 0.3) is 0 Å². The fraction of sp³-hybridized carbons (Fsp3) is 0.208. The Morgan fingerprint density at radius 1 is 0.793 bits per heavy atom. The van der Waals surface area contributed by atoms with E-state index >= 15 is 0 Å². The molecule has 2 amide bonds. The van der Waals surface area contributed by atoms with Crippen molar-refractivity contribution in [3.63, 3.8) is 0 Å². The molecular formula is C24H24N2O3. The SMILES string of the molecule is O=C(NCc1ccccc1)N[C@H](Cc1ccccc1)Cc1ccc2c(c1)OCO2. The highest BCUT2D eigenvalue weighted by molar-refractivity contribution is 5.74. The molecule has 1 atom stereocenters. The first-order valence-electron chi connectivity index (χ1n) is 9.77. The van der Waals surface area contributed by atoms with E-state index in [-0.39, 0.29) is 18.9 Å². The zero-order valence-electron chi connectivity index (χ0n) is 16.1. The molecule has 1 aliphatic heterocycles. The maximum atomic E-state index is 12.5. The molecule has 5 heteroatoms. The first-order valence-corrected chi connectivity index (χ1v) is 9.77. The van der Waals surface area contributed by atoms with Gasteiger partial charge in [-0.15, -0.1) is 0 Å². The van der Waals surface area contributed by atoms with Gasteiger partial charge < -0.3 is 20.1 Å². The predicted molar refractivity (Wildman–Crippen MR) is 112 cm³/mol. The molecule has 0 saturated carbocycles. The molecule has 148 valence electrons. The third-order valence-electron chi connectivity index (χ3n) is 4.88. The number of amides is 2. The second kappa shape index (κ2) is 9.15. The molecule has 3 aromatic rings. The third-order valence-corrected chi connectivity index (χ3v) is 4.88. The van der Waals surface area contributed by atoms with Crippen molar-refractivity contribution in [2.45, 2.75) is 25.4 Å². The molecule has 29 heavy (non-hydrogen) atoms. The fourth-order valence-electron chi connectivity index (χ4n) is 3.44. The van der Waals surface area contributed by atoms with E-state index in [1.807, 2.05) is 66.7 Å². The molecule has 0 spiro atoms. The highest BCUT2D eigenvalue weighted by atomic mass is 16.7. The van der Waals surface area contributed by atoms with E-state index in [0.29, 0.717) is 13.0 Å². The minimum absolute atomic E-state index is 0.0476. The number of hydrogen-bond donors (Lipinski definition) is 2. The van der Waals surface area contributed by atoms with Crippen LogP contribution in [0.3, 0.4) is 0 Å². The maximum Gasteiger partial charge on any atom is 0.315 e. The first-order chi connectivity index (χ1) is 14.3. The summed E-state index contributed by atoms with van der Waals surface area (Å²) in [5, 5.41) is 6.08. The summed E-state index contributed by atoms with van der Waals surface area (Å²) in [4.78, 5) is 12.5. The van der Waals surface area contributed by atoms with Gasteiger partial charge in [-0.05, 0) is 41.7 Å². The van der Waals surface area contributed by atoms with Gasteiger partial charge in [-0.1, -0.05) is 66.7 Å². The third kappa shape index (κ3) is 5.29. The van der Waals surface area contributed by atoms with Crippen molar-refractivity contribution in [2.75, 3.05) is 6.79 Å². The highest BCUT2D eigenvalue weighted by Gasteiger charge is 2.17. The molecule has 5 nitrogen and oxygen atoms in total. The number of fused-ring (bicyclic) bond motifs is 1. The lowest BCUT2D eigenvalue weighted by atomic mass is 9.98. The lowest BCUT2D eigenvalue weighted by Crippen LogP contribution is -2.43. The summed E-state index contributed by atoms with van der Waals surface area (Å²) < 4.78 is 10.9. The zero-order valence-corrected chi connectivity index (χ0v) is 16.1. The van der Waals surface area contributed by atoms with Gasteiger partial charge in [0.1, 0.15) is 0 Å². The van der Waals surface area contributed by atoms with Crippen molar-refractivity contribution in [2.24, 2.45) is 0 Å². The zero-order chi connectivity index (χ0) is 19.9. The Morgan fingerprint density at radius 3 is 2.21 bits per heavy atom. The van der Waals surface area contributed by atoms with Gasteiger partial charge in [-0.2, -0.15) is 0 Å². The Hall–Kier alpha value is -3.47. The van der Waals surface area contributed by atoms with Gasteiger partial charge in [-0.3, -0.25) is 0 Å². The number of carbonyl (C=O) groups is 1. The monoisotopic (exact) mass is 388 g/mol. The molecule has 0 aromatic heterocycles. The summed E-state index contributed by atoms with van der Waals surface area (Å²) in [6, 6.07) is 25.8. The van der Waals surface area contributed by atoms with Crippen molar-refractivity contribution in [3.8, 4) is 11.5 Å². The van der Waals surface area contributed by atoms with Crippen LogP contribution in [-0.4, -0.2) is 18.9 Å². The normalized spacial score (nSPS) is 13.0. The summed E-state index contributed by atoms with van der Waals surface area (Å²) in [6.07, 6.45) is 1.44. The van der Waals surface area contributed by atoms with E-state index in [1.165, 1.54) is 5.56 Å². The minimum atomic E-state index is -0.171. The molecule has 1 heterocycles. The number of nitrogens with one attached hydrogen (secondary N) is 2. The van der Waals surface area contributed by atoms with Crippen molar-refractivity contribution >= 4 is 6.03 Å². The van der Waals surface area contributed by atoms with Gasteiger partial charge in [0.2, 0.25) is 6.79 Å². The summed E-state index contributed by atoms with van der Waals surface area (Å²) in [5.41, 5.74) is 3.35. The Morgan fingerprint density at radius 2 is 1.45 bits per heavy atom. The predicted octanol–water partition coefficient (Wildman–Crippen LogP) is 4.07. The Labute approximate surface area is 170 Å². The number of carbonyl (C=O) groups excluding carboxylic acids is 1.